The zero-order valence-electron chi connectivity index (χ0n) is 17.6. The van der Waals surface area contributed by atoms with E-state index in [1.807, 2.05) is 24.3 Å². The molecule has 0 atom stereocenters. The second-order valence-corrected chi connectivity index (χ2v) is 8.22. The maximum atomic E-state index is 13.0. The summed E-state index contributed by atoms with van der Waals surface area (Å²) < 4.78 is 6.78. The van der Waals surface area contributed by atoms with Gasteiger partial charge in [0.05, 0.1) is 23.0 Å². The van der Waals surface area contributed by atoms with Gasteiger partial charge in [-0.05, 0) is 36.4 Å². The Morgan fingerprint density at radius 2 is 1.97 bits per heavy atom. The Morgan fingerprint density at radius 1 is 1.18 bits per heavy atom. The second-order valence-electron chi connectivity index (χ2n) is 7.23. The maximum absolute atomic E-state index is 13.0. The number of amides is 2. The van der Waals surface area contributed by atoms with E-state index in [-0.39, 0.29) is 36.3 Å². The summed E-state index contributed by atoms with van der Waals surface area (Å²) in [6.45, 7) is 1.98. The van der Waals surface area contributed by atoms with Crippen LogP contribution < -0.4 is 0 Å². The zero-order valence-corrected chi connectivity index (χ0v) is 18.4. The van der Waals surface area contributed by atoms with Gasteiger partial charge in [-0.15, -0.1) is 0 Å². The lowest BCUT2D eigenvalue weighted by atomic mass is 10.1. The van der Waals surface area contributed by atoms with E-state index in [2.05, 4.69) is 0 Å². The number of nitro groups is 1. The summed E-state index contributed by atoms with van der Waals surface area (Å²) in [5, 5.41) is 11.4. The molecule has 0 radical (unpaired) electrons. The van der Waals surface area contributed by atoms with Crippen molar-refractivity contribution in [2.45, 2.75) is 20.0 Å². The summed E-state index contributed by atoms with van der Waals surface area (Å²) >= 11 is 0.810. The van der Waals surface area contributed by atoms with Crippen molar-refractivity contribution in [2.24, 2.45) is 0 Å². The molecule has 1 aromatic heterocycles. The average molecular weight is 465 g/mol. The topological polar surface area (TPSA) is 112 Å². The van der Waals surface area contributed by atoms with E-state index in [1.54, 1.807) is 29.8 Å². The van der Waals surface area contributed by atoms with E-state index in [1.165, 1.54) is 18.2 Å². The third-order valence-electron chi connectivity index (χ3n) is 5.05. The van der Waals surface area contributed by atoms with Crippen molar-refractivity contribution >= 4 is 51.5 Å². The first-order valence-electron chi connectivity index (χ1n) is 10.1. The minimum Gasteiger partial charge on any atom is -0.465 e. The summed E-state index contributed by atoms with van der Waals surface area (Å²) in [5.74, 6) is -0.846. The lowest BCUT2D eigenvalue weighted by molar-refractivity contribution is -0.384. The number of nitro benzene ring substituents is 1. The molecule has 10 heteroatoms. The van der Waals surface area contributed by atoms with Crippen LogP contribution in [0, 0.1) is 10.1 Å². The third kappa shape index (κ3) is 4.65. The summed E-state index contributed by atoms with van der Waals surface area (Å²) in [6, 6.07) is 13.3. The van der Waals surface area contributed by atoms with Gasteiger partial charge < -0.3 is 9.30 Å². The van der Waals surface area contributed by atoms with Crippen LogP contribution in [-0.4, -0.2) is 38.1 Å². The number of rotatable bonds is 7. The first kappa shape index (κ1) is 22.3. The van der Waals surface area contributed by atoms with Crippen molar-refractivity contribution in [1.82, 2.24) is 9.47 Å². The van der Waals surface area contributed by atoms with E-state index in [0.29, 0.717) is 11.1 Å². The lowest BCUT2D eigenvalue weighted by Crippen LogP contribution is -2.27. The van der Waals surface area contributed by atoms with Gasteiger partial charge in [-0.3, -0.25) is 29.4 Å². The van der Waals surface area contributed by atoms with Crippen molar-refractivity contribution in [2.75, 3.05) is 6.61 Å². The molecule has 2 amide bonds. The molecular formula is C23H19N3O6S. The summed E-state index contributed by atoms with van der Waals surface area (Å²) in [5.41, 5.74) is 1.87. The molecule has 9 nitrogen and oxygen atoms in total. The smallest absolute Gasteiger partial charge is 0.325 e. The molecule has 0 saturated carbocycles. The van der Waals surface area contributed by atoms with Crippen LogP contribution >= 0.6 is 11.8 Å². The molecule has 1 fully saturated rings. The van der Waals surface area contributed by atoms with E-state index in [0.717, 1.165) is 27.6 Å². The van der Waals surface area contributed by atoms with Gasteiger partial charge in [0, 0.05) is 34.8 Å². The molecule has 2 heterocycles. The van der Waals surface area contributed by atoms with Crippen LogP contribution in [0.1, 0.15) is 18.1 Å². The fourth-order valence-electron chi connectivity index (χ4n) is 3.60. The highest BCUT2D eigenvalue weighted by Crippen LogP contribution is 2.35. The fourth-order valence-corrected chi connectivity index (χ4v) is 4.42. The molecule has 33 heavy (non-hydrogen) atoms. The fraction of sp³-hybridized carbons (Fsp3) is 0.174. The molecule has 3 aromatic rings. The van der Waals surface area contributed by atoms with E-state index in [4.69, 9.17) is 4.74 Å². The number of thioether (sulfide) groups is 1. The summed E-state index contributed by atoms with van der Waals surface area (Å²) in [4.78, 5) is 49.2. The highest BCUT2D eigenvalue weighted by Gasteiger charge is 2.35. The first-order chi connectivity index (χ1) is 15.9. The SMILES string of the molecule is CCOC(=O)Cn1cc(C=C2SC(=O)N(Cc3cccc([N+](=O)[O-])c3)C2=O)c2ccccc21. The van der Waals surface area contributed by atoms with Gasteiger partial charge in [-0.2, -0.15) is 0 Å². The molecule has 0 aliphatic carbocycles. The minimum absolute atomic E-state index is 0.0243. The van der Waals surface area contributed by atoms with Crippen LogP contribution in [0.4, 0.5) is 10.5 Å². The van der Waals surface area contributed by atoms with Crippen LogP contribution in [0.2, 0.25) is 0 Å². The van der Waals surface area contributed by atoms with Crippen LogP contribution in [0.15, 0.2) is 59.6 Å². The number of benzene rings is 2. The number of hydrogen-bond donors (Lipinski definition) is 0. The lowest BCUT2D eigenvalue weighted by Gasteiger charge is -2.12. The van der Waals surface area contributed by atoms with Gasteiger partial charge in [0.1, 0.15) is 6.54 Å². The van der Waals surface area contributed by atoms with Crippen molar-refractivity contribution in [1.29, 1.82) is 0 Å². The molecule has 1 aliphatic rings. The number of non-ortho nitro benzene ring substituents is 1. The number of aromatic nitrogens is 1. The zero-order chi connectivity index (χ0) is 23.5. The van der Waals surface area contributed by atoms with Gasteiger partial charge in [-0.1, -0.05) is 30.3 Å². The summed E-state index contributed by atoms with van der Waals surface area (Å²) in [6.07, 6.45) is 3.37. The van der Waals surface area contributed by atoms with Crippen LogP contribution in [0.3, 0.4) is 0 Å². The number of fused-ring (bicyclic) bond motifs is 1. The Hall–Kier alpha value is -3.92. The van der Waals surface area contributed by atoms with Gasteiger partial charge in [0.25, 0.3) is 16.8 Å². The number of ether oxygens (including phenoxy) is 1. The number of imide groups is 1. The number of nitrogens with zero attached hydrogens (tertiary/aromatic N) is 3. The van der Waals surface area contributed by atoms with Crippen molar-refractivity contribution in [3.8, 4) is 0 Å². The molecule has 168 valence electrons. The molecular weight excluding hydrogens is 446 g/mol. The van der Waals surface area contributed by atoms with Crippen molar-refractivity contribution in [3.05, 3.63) is 80.9 Å². The number of carbonyl (C=O) groups is 3. The number of para-hydroxylation sites is 1. The third-order valence-corrected chi connectivity index (χ3v) is 5.95. The Kier molecular flexibility index (Phi) is 6.27. The number of hydrogen-bond acceptors (Lipinski definition) is 7. The van der Waals surface area contributed by atoms with Crippen LogP contribution in [0.25, 0.3) is 17.0 Å². The minimum atomic E-state index is -0.525. The first-order valence-corrected chi connectivity index (χ1v) is 10.9. The van der Waals surface area contributed by atoms with E-state index in [9.17, 15) is 24.5 Å². The second kappa shape index (κ2) is 9.29. The maximum Gasteiger partial charge on any atom is 0.325 e. The standard InChI is InChI=1S/C23H19N3O6S/c1-2-32-21(27)14-24-13-16(18-8-3-4-9-19(18)24)11-20-22(28)25(23(29)33-20)12-15-6-5-7-17(10-15)26(30)31/h3-11,13H,2,12,14H2,1H3. The highest BCUT2D eigenvalue weighted by atomic mass is 32.2. The van der Waals surface area contributed by atoms with E-state index >= 15 is 0 Å². The predicted octanol–water partition coefficient (Wildman–Crippen LogP) is 4.35. The average Bonchev–Trinajstić information content (AvgIpc) is 3.26. The van der Waals surface area contributed by atoms with E-state index < -0.39 is 16.1 Å². The highest BCUT2D eigenvalue weighted by molar-refractivity contribution is 8.18. The normalized spacial score (nSPS) is 14.9. The molecule has 1 aliphatic heterocycles. The monoisotopic (exact) mass is 465 g/mol. The Morgan fingerprint density at radius 3 is 2.73 bits per heavy atom. The number of esters is 1. The Labute approximate surface area is 192 Å². The molecule has 1 saturated heterocycles. The number of carbonyl (C=O) groups excluding carboxylic acids is 3. The van der Waals surface area contributed by atoms with Crippen LogP contribution in [-0.2, 0) is 27.4 Å². The Bertz CT molecular complexity index is 1310. The molecule has 2 aromatic carbocycles. The van der Waals surface area contributed by atoms with Gasteiger partial charge in [-0.25, -0.2) is 0 Å². The largest absolute Gasteiger partial charge is 0.465 e. The quantitative estimate of drug-likeness (QED) is 0.221. The molecule has 0 unspecified atom stereocenters. The Balaban J connectivity index is 1.62. The predicted molar refractivity (Wildman–Crippen MR) is 123 cm³/mol. The van der Waals surface area contributed by atoms with Gasteiger partial charge >= 0.3 is 5.97 Å². The molecule has 4 rings (SSSR count). The van der Waals surface area contributed by atoms with Gasteiger partial charge in [0.15, 0.2) is 0 Å². The molecule has 0 bridgehead atoms. The molecule has 0 spiro atoms. The summed E-state index contributed by atoms with van der Waals surface area (Å²) in [7, 11) is 0. The van der Waals surface area contributed by atoms with Crippen molar-refractivity contribution < 1.29 is 24.0 Å². The van der Waals surface area contributed by atoms with Crippen molar-refractivity contribution in [3.63, 3.8) is 0 Å². The van der Waals surface area contributed by atoms with Crippen LogP contribution in [0.5, 0.6) is 0 Å². The van der Waals surface area contributed by atoms with Gasteiger partial charge in [0.2, 0.25) is 0 Å². The molecule has 0 N–H and O–H groups in total.